The molecule has 0 saturated carbocycles. The Morgan fingerprint density at radius 3 is 2.64 bits per heavy atom. The van der Waals surface area contributed by atoms with Crippen molar-refractivity contribution in [2.75, 3.05) is 18.6 Å². The quantitative estimate of drug-likeness (QED) is 0.913. The highest BCUT2D eigenvalue weighted by atomic mass is 35.5. The number of benzene rings is 2. The van der Waals surface area contributed by atoms with Gasteiger partial charge in [0.1, 0.15) is 11.8 Å². The van der Waals surface area contributed by atoms with Gasteiger partial charge in [-0.2, -0.15) is 0 Å². The molecule has 2 amide bonds. The van der Waals surface area contributed by atoms with Gasteiger partial charge in [0, 0.05) is 17.3 Å². The minimum Gasteiger partial charge on any atom is -0.496 e. The maximum absolute atomic E-state index is 12.6. The van der Waals surface area contributed by atoms with E-state index in [0.29, 0.717) is 29.3 Å². The molecule has 0 bridgehead atoms. The number of amides is 2. The Balaban J connectivity index is 1.74. The van der Waals surface area contributed by atoms with Crippen LogP contribution in [0.25, 0.3) is 0 Å². The van der Waals surface area contributed by atoms with E-state index in [1.807, 2.05) is 31.2 Å². The molecule has 5 nitrogen and oxygen atoms in total. The van der Waals surface area contributed by atoms with Crippen LogP contribution in [-0.2, 0) is 4.79 Å². The minimum absolute atomic E-state index is 0.113. The number of rotatable bonds is 4. The second-order valence-electron chi connectivity index (χ2n) is 5.98. The third-order valence-corrected chi connectivity index (χ3v) is 4.50. The fraction of sp³-hybridized carbons (Fsp3) is 0.263. The summed E-state index contributed by atoms with van der Waals surface area (Å²) in [6.07, 6.45) is 0.557. The molecule has 1 heterocycles. The van der Waals surface area contributed by atoms with Crippen molar-refractivity contribution < 1.29 is 14.3 Å². The zero-order valence-corrected chi connectivity index (χ0v) is 14.8. The number of hydrogen-bond donors (Lipinski definition) is 1. The Hall–Kier alpha value is -2.53. The number of anilines is 1. The molecule has 1 atom stereocenters. The van der Waals surface area contributed by atoms with Crippen LogP contribution in [0.3, 0.4) is 0 Å². The van der Waals surface area contributed by atoms with Gasteiger partial charge in [0.25, 0.3) is 5.91 Å². The standard InChI is InChI=1S/C19H19ClN2O3/c1-12-3-6-14(7-4-12)22-10-9-16(19(22)24)21-18(23)15-11-13(20)5-8-17(15)25-2/h3-8,11,16H,9-10H2,1-2H3,(H,21,23)/t16-/m0/s1. The van der Waals surface area contributed by atoms with Crippen LogP contribution >= 0.6 is 11.6 Å². The second kappa shape index (κ2) is 7.15. The van der Waals surface area contributed by atoms with Gasteiger partial charge >= 0.3 is 0 Å². The first kappa shape index (κ1) is 17.3. The molecule has 2 aromatic rings. The second-order valence-corrected chi connectivity index (χ2v) is 6.42. The highest BCUT2D eigenvalue weighted by Gasteiger charge is 2.34. The van der Waals surface area contributed by atoms with E-state index < -0.39 is 6.04 Å². The molecule has 1 fully saturated rings. The monoisotopic (exact) mass is 358 g/mol. The summed E-state index contributed by atoms with van der Waals surface area (Å²) in [5.41, 5.74) is 2.29. The van der Waals surface area contributed by atoms with E-state index in [1.54, 1.807) is 17.0 Å². The van der Waals surface area contributed by atoms with Crippen molar-refractivity contribution >= 4 is 29.1 Å². The number of nitrogens with zero attached hydrogens (tertiary/aromatic N) is 1. The van der Waals surface area contributed by atoms with Gasteiger partial charge in [-0.05, 0) is 43.7 Å². The minimum atomic E-state index is -0.558. The van der Waals surface area contributed by atoms with Crippen LogP contribution < -0.4 is 15.0 Å². The van der Waals surface area contributed by atoms with Gasteiger partial charge in [0.05, 0.1) is 12.7 Å². The molecule has 1 aliphatic heterocycles. The van der Waals surface area contributed by atoms with E-state index in [2.05, 4.69) is 5.32 Å². The molecule has 0 radical (unpaired) electrons. The van der Waals surface area contributed by atoms with Crippen LogP contribution in [-0.4, -0.2) is 31.5 Å². The molecule has 3 rings (SSSR count). The molecule has 0 spiro atoms. The topological polar surface area (TPSA) is 58.6 Å². The highest BCUT2D eigenvalue weighted by molar-refractivity contribution is 6.31. The van der Waals surface area contributed by atoms with Gasteiger partial charge in [0.15, 0.2) is 0 Å². The SMILES string of the molecule is COc1ccc(Cl)cc1C(=O)N[C@H]1CCN(c2ccc(C)cc2)C1=O. The molecule has 1 saturated heterocycles. The number of nitrogens with one attached hydrogen (secondary N) is 1. The van der Waals surface area contributed by atoms with Crippen LogP contribution in [0.4, 0.5) is 5.69 Å². The average Bonchev–Trinajstić information content (AvgIpc) is 2.96. The number of halogens is 1. The molecular weight excluding hydrogens is 340 g/mol. The van der Waals surface area contributed by atoms with E-state index in [4.69, 9.17) is 16.3 Å². The molecular formula is C19H19ClN2O3. The van der Waals surface area contributed by atoms with E-state index in [1.165, 1.54) is 13.2 Å². The molecule has 0 aliphatic carbocycles. The zero-order valence-electron chi connectivity index (χ0n) is 14.1. The Bertz CT molecular complexity index is 805. The summed E-state index contributed by atoms with van der Waals surface area (Å²) in [6, 6.07) is 12.0. The van der Waals surface area contributed by atoms with Crippen molar-refractivity contribution in [2.24, 2.45) is 0 Å². The largest absolute Gasteiger partial charge is 0.496 e. The summed E-state index contributed by atoms with van der Waals surface area (Å²) < 4.78 is 5.20. The summed E-state index contributed by atoms with van der Waals surface area (Å²) >= 11 is 5.97. The number of aryl methyl sites for hydroxylation is 1. The van der Waals surface area contributed by atoms with Crippen molar-refractivity contribution in [3.8, 4) is 5.75 Å². The summed E-state index contributed by atoms with van der Waals surface area (Å²) in [4.78, 5) is 26.9. The fourth-order valence-corrected chi connectivity index (χ4v) is 3.06. The summed E-state index contributed by atoms with van der Waals surface area (Å²) in [6.45, 7) is 2.57. The lowest BCUT2D eigenvalue weighted by Crippen LogP contribution is -2.41. The van der Waals surface area contributed by atoms with Crippen molar-refractivity contribution in [3.05, 3.63) is 58.6 Å². The predicted octanol–water partition coefficient (Wildman–Crippen LogP) is 3.19. The average molecular weight is 359 g/mol. The van der Waals surface area contributed by atoms with Crippen LogP contribution in [0.2, 0.25) is 5.02 Å². The van der Waals surface area contributed by atoms with E-state index in [9.17, 15) is 9.59 Å². The van der Waals surface area contributed by atoms with Crippen molar-refractivity contribution in [3.63, 3.8) is 0 Å². The summed E-state index contributed by atoms with van der Waals surface area (Å²) in [5.74, 6) is -0.0654. The smallest absolute Gasteiger partial charge is 0.255 e. The lowest BCUT2D eigenvalue weighted by atomic mass is 10.1. The van der Waals surface area contributed by atoms with E-state index >= 15 is 0 Å². The number of carbonyl (C=O) groups is 2. The van der Waals surface area contributed by atoms with Crippen LogP contribution in [0.15, 0.2) is 42.5 Å². The molecule has 1 aliphatic rings. The third-order valence-electron chi connectivity index (χ3n) is 4.26. The maximum atomic E-state index is 12.6. The predicted molar refractivity (Wildman–Crippen MR) is 97.4 cm³/mol. The fourth-order valence-electron chi connectivity index (χ4n) is 2.89. The highest BCUT2D eigenvalue weighted by Crippen LogP contribution is 2.25. The van der Waals surface area contributed by atoms with Gasteiger partial charge in [-0.1, -0.05) is 29.3 Å². The van der Waals surface area contributed by atoms with Crippen molar-refractivity contribution in [2.45, 2.75) is 19.4 Å². The summed E-state index contributed by atoms with van der Waals surface area (Å²) in [7, 11) is 1.49. The normalized spacial score (nSPS) is 16.8. The molecule has 1 N–H and O–H groups in total. The lowest BCUT2D eigenvalue weighted by Gasteiger charge is -2.18. The van der Waals surface area contributed by atoms with Crippen LogP contribution in [0.5, 0.6) is 5.75 Å². The Kier molecular flexibility index (Phi) is 4.95. The van der Waals surface area contributed by atoms with Crippen molar-refractivity contribution in [1.82, 2.24) is 5.32 Å². The number of hydrogen-bond acceptors (Lipinski definition) is 3. The third kappa shape index (κ3) is 3.61. The maximum Gasteiger partial charge on any atom is 0.255 e. The summed E-state index contributed by atoms with van der Waals surface area (Å²) in [5, 5.41) is 3.22. The Morgan fingerprint density at radius 1 is 1.24 bits per heavy atom. The number of ether oxygens (including phenoxy) is 1. The van der Waals surface area contributed by atoms with Gasteiger partial charge in [-0.3, -0.25) is 9.59 Å². The van der Waals surface area contributed by atoms with E-state index in [0.717, 1.165) is 11.3 Å². The van der Waals surface area contributed by atoms with Crippen molar-refractivity contribution in [1.29, 1.82) is 0 Å². The first-order valence-corrected chi connectivity index (χ1v) is 8.40. The molecule has 0 aromatic heterocycles. The van der Waals surface area contributed by atoms with E-state index in [-0.39, 0.29) is 11.8 Å². The molecule has 130 valence electrons. The number of methoxy groups -OCH3 is 1. The molecule has 25 heavy (non-hydrogen) atoms. The first-order valence-electron chi connectivity index (χ1n) is 8.02. The molecule has 2 aromatic carbocycles. The molecule has 0 unspecified atom stereocenters. The lowest BCUT2D eigenvalue weighted by molar-refractivity contribution is -0.118. The Labute approximate surface area is 151 Å². The van der Waals surface area contributed by atoms with Crippen LogP contribution in [0, 0.1) is 6.92 Å². The Morgan fingerprint density at radius 2 is 1.96 bits per heavy atom. The number of carbonyl (C=O) groups excluding carboxylic acids is 2. The van der Waals surface area contributed by atoms with Gasteiger partial charge < -0.3 is 15.0 Å². The van der Waals surface area contributed by atoms with Crippen LogP contribution in [0.1, 0.15) is 22.3 Å². The van der Waals surface area contributed by atoms with Gasteiger partial charge in [0.2, 0.25) is 5.91 Å². The molecule has 6 heteroatoms. The van der Waals surface area contributed by atoms with Gasteiger partial charge in [-0.15, -0.1) is 0 Å². The van der Waals surface area contributed by atoms with Gasteiger partial charge in [-0.25, -0.2) is 0 Å². The zero-order chi connectivity index (χ0) is 18.0. The first-order chi connectivity index (χ1) is 12.0.